The largest absolute Gasteiger partial charge is 0.465 e. The van der Waals surface area contributed by atoms with E-state index in [0.717, 1.165) is 0 Å². The summed E-state index contributed by atoms with van der Waals surface area (Å²) in [5, 5.41) is 0. The Labute approximate surface area is 142 Å². The van der Waals surface area contributed by atoms with Gasteiger partial charge in [0.1, 0.15) is 11.2 Å². The van der Waals surface area contributed by atoms with E-state index in [1.54, 1.807) is 20.8 Å². The van der Waals surface area contributed by atoms with Crippen molar-refractivity contribution in [1.29, 1.82) is 0 Å². The number of Topliss-reactive ketones (excluding diaryl/α,β-unsaturated/α-hetero) is 1. The first-order valence-electron chi connectivity index (χ1n) is 8.46. The van der Waals surface area contributed by atoms with E-state index in [2.05, 4.69) is 0 Å². The molecule has 0 bridgehead atoms. The van der Waals surface area contributed by atoms with Gasteiger partial charge in [-0.15, -0.1) is 0 Å². The summed E-state index contributed by atoms with van der Waals surface area (Å²) in [4.78, 5) is 49.4. The number of carbonyl (C=O) groups is 4. The Morgan fingerprint density at radius 2 is 1.50 bits per heavy atom. The van der Waals surface area contributed by atoms with Crippen LogP contribution in [0.25, 0.3) is 0 Å². The molecule has 7 nitrogen and oxygen atoms in total. The Bertz CT molecular complexity index is 467. The molecule has 0 aliphatic heterocycles. The predicted molar refractivity (Wildman–Crippen MR) is 83.9 cm³/mol. The second-order valence-electron chi connectivity index (χ2n) is 5.69. The van der Waals surface area contributed by atoms with Crippen molar-refractivity contribution < 1.29 is 33.4 Å². The zero-order valence-electron chi connectivity index (χ0n) is 14.6. The molecule has 1 atom stereocenters. The number of ketones is 1. The summed E-state index contributed by atoms with van der Waals surface area (Å²) in [5.41, 5.74) is -1.47. The maximum absolute atomic E-state index is 12.5. The average Bonchev–Trinajstić information content (AvgIpc) is 2.54. The second-order valence-corrected chi connectivity index (χ2v) is 5.69. The minimum absolute atomic E-state index is 0.0924. The van der Waals surface area contributed by atoms with E-state index in [9.17, 15) is 19.2 Å². The molecule has 0 N–H and O–H groups in total. The van der Waals surface area contributed by atoms with E-state index in [-0.39, 0.29) is 44.9 Å². The number of hydrogen-bond donors (Lipinski definition) is 0. The van der Waals surface area contributed by atoms with Gasteiger partial charge in [-0.1, -0.05) is 6.42 Å². The van der Waals surface area contributed by atoms with Gasteiger partial charge in [0.15, 0.2) is 5.92 Å². The van der Waals surface area contributed by atoms with Crippen molar-refractivity contribution >= 4 is 23.7 Å². The van der Waals surface area contributed by atoms with E-state index in [0.29, 0.717) is 12.8 Å². The van der Waals surface area contributed by atoms with E-state index in [1.807, 2.05) is 0 Å². The van der Waals surface area contributed by atoms with Crippen molar-refractivity contribution in [1.82, 2.24) is 0 Å². The lowest BCUT2D eigenvalue weighted by atomic mass is 9.68. The van der Waals surface area contributed by atoms with Crippen LogP contribution in [-0.4, -0.2) is 43.5 Å². The number of ether oxygens (including phenoxy) is 3. The maximum atomic E-state index is 12.5. The van der Waals surface area contributed by atoms with Gasteiger partial charge in [0.2, 0.25) is 0 Å². The molecule has 0 heterocycles. The molecule has 0 radical (unpaired) electrons. The highest BCUT2D eigenvalue weighted by Crippen LogP contribution is 2.40. The summed E-state index contributed by atoms with van der Waals surface area (Å²) in [5.74, 6) is -3.83. The molecule has 0 amide bonds. The Morgan fingerprint density at radius 1 is 0.958 bits per heavy atom. The Morgan fingerprint density at radius 3 is 1.96 bits per heavy atom. The zero-order chi connectivity index (χ0) is 18.2. The standard InChI is InChI=1S/C17H26O7/c1-4-22-14(19)12(15(20)23-5-2)11-17(16(21)24-6-3)10-8-7-9-13(17)18/h12H,4-11H2,1-3H3/t17-/m1/s1. The highest BCUT2D eigenvalue weighted by Gasteiger charge is 2.52. The molecule has 1 saturated carbocycles. The SMILES string of the molecule is CCOC(=O)C(C[C@]1(C(=O)OCC)CCCCC1=O)C(=O)OCC. The van der Waals surface area contributed by atoms with Crippen molar-refractivity contribution in [3.8, 4) is 0 Å². The van der Waals surface area contributed by atoms with Crippen molar-refractivity contribution in [2.24, 2.45) is 11.3 Å². The third kappa shape index (κ3) is 4.55. The fourth-order valence-electron chi connectivity index (χ4n) is 2.97. The summed E-state index contributed by atoms with van der Waals surface area (Å²) in [6.45, 7) is 5.19. The van der Waals surface area contributed by atoms with Crippen molar-refractivity contribution in [3.63, 3.8) is 0 Å². The molecular weight excluding hydrogens is 316 g/mol. The van der Waals surface area contributed by atoms with Crippen LogP contribution in [0.2, 0.25) is 0 Å². The van der Waals surface area contributed by atoms with Crippen molar-refractivity contribution in [2.45, 2.75) is 52.9 Å². The van der Waals surface area contributed by atoms with Gasteiger partial charge in [-0.25, -0.2) is 0 Å². The van der Waals surface area contributed by atoms with Gasteiger partial charge < -0.3 is 14.2 Å². The lowest BCUT2D eigenvalue weighted by Gasteiger charge is -2.34. The van der Waals surface area contributed by atoms with Gasteiger partial charge in [0.25, 0.3) is 0 Å². The van der Waals surface area contributed by atoms with Gasteiger partial charge in [-0.05, 0) is 40.0 Å². The number of esters is 3. The van der Waals surface area contributed by atoms with Crippen LogP contribution in [0.1, 0.15) is 52.9 Å². The third-order valence-electron chi connectivity index (χ3n) is 4.15. The number of rotatable bonds is 8. The molecule has 1 fully saturated rings. The molecule has 136 valence electrons. The zero-order valence-corrected chi connectivity index (χ0v) is 14.6. The summed E-state index contributed by atoms with van der Waals surface area (Å²) in [7, 11) is 0. The van der Waals surface area contributed by atoms with Crippen molar-refractivity contribution in [2.75, 3.05) is 19.8 Å². The van der Waals surface area contributed by atoms with E-state index in [4.69, 9.17) is 14.2 Å². The van der Waals surface area contributed by atoms with Gasteiger partial charge in [0, 0.05) is 6.42 Å². The molecule has 0 saturated heterocycles. The summed E-state index contributed by atoms with van der Waals surface area (Å²) < 4.78 is 14.9. The highest BCUT2D eigenvalue weighted by atomic mass is 16.6. The second kappa shape index (κ2) is 9.39. The van der Waals surface area contributed by atoms with E-state index in [1.165, 1.54) is 0 Å². The quantitative estimate of drug-likeness (QED) is 0.377. The molecule has 0 aromatic rings. The van der Waals surface area contributed by atoms with Crippen molar-refractivity contribution in [3.05, 3.63) is 0 Å². The first-order chi connectivity index (χ1) is 11.4. The van der Waals surface area contributed by atoms with E-state index >= 15 is 0 Å². The smallest absolute Gasteiger partial charge is 0.320 e. The molecule has 0 aromatic heterocycles. The molecule has 0 unspecified atom stereocenters. The highest BCUT2D eigenvalue weighted by molar-refractivity contribution is 6.06. The first-order valence-corrected chi connectivity index (χ1v) is 8.46. The predicted octanol–water partition coefficient (Wildman–Crippen LogP) is 1.81. The normalized spacial score (nSPS) is 20.6. The lowest BCUT2D eigenvalue weighted by molar-refractivity contribution is -0.169. The fraction of sp³-hybridized carbons (Fsp3) is 0.765. The molecule has 7 heteroatoms. The molecule has 24 heavy (non-hydrogen) atoms. The van der Waals surface area contributed by atoms with Crippen LogP contribution in [-0.2, 0) is 33.4 Å². The van der Waals surface area contributed by atoms with Gasteiger partial charge in [-0.2, -0.15) is 0 Å². The Hall–Kier alpha value is -1.92. The fourth-order valence-corrected chi connectivity index (χ4v) is 2.97. The Balaban J connectivity index is 3.14. The minimum atomic E-state index is -1.47. The maximum Gasteiger partial charge on any atom is 0.320 e. The lowest BCUT2D eigenvalue weighted by Crippen LogP contribution is -2.47. The topological polar surface area (TPSA) is 96.0 Å². The van der Waals surface area contributed by atoms with Gasteiger partial charge >= 0.3 is 17.9 Å². The van der Waals surface area contributed by atoms with Crippen LogP contribution >= 0.6 is 0 Å². The minimum Gasteiger partial charge on any atom is -0.465 e. The Kier molecular flexibility index (Phi) is 7.88. The van der Waals surface area contributed by atoms with Crippen LogP contribution in [0.15, 0.2) is 0 Å². The van der Waals surface area contributed by atoms with Crippen LogP contribution in [0.3, 0.4) is 0 Å². The summed E-state index contributed by atoms with van der Waals surface area (Å²) >= 11 is 0. The van der Waals surface area contributed by atoms with E-state index < -0.39 is 29.2 Å². The van der Waals surface area contributed by atoms with Crippen LogP contribution in [0.4, 0.5) is 0 Å². The molecule has 1 aliphatic carbocycles. The monoisotopic (exact) mass is 342 g/mol. The molecule has 1 aliphatic rings. The first kappa shape index (κ1) is 20.1. The van der Waals surface area contributed by atoms with Crippen LogP contribution in [0, 0.1) is 11.3 Å². The van der Waals surface area contributed by atoms with Gasteiger partial charge in [-0.3, -0.25) is 19.2 Å². The third-order valence-corrected chi connectivity index (χ3v) is 4.15. The van der Waals surface area contributed by atoms with Gasteiger partial charge in [0.05, 0.1) is 19.8 Å². The van der Waals surface area contributed by atoms with Crippen LogP contribution in [0.5, 0.6) is 0 Å². The molecule has 1 rings (SSSR count). The number of hydrogen-bond acceptors (Lipinski definition) is 7. The molecular formula is C17H26O7. The molecule has 0 spiro atoms. The number of carbonyl (C=O) groups excluding carboxylic acids is 4. The summed E-state index contributed by atoms with van der Waals surface area (Å²) in [6.07, 6.45) is 1.58. The van der Waals surface area contributed by atoms with Crippen LogP contribution < -0.4 is 0 Å². The molecule has 0 aromatic carbocycles. The average molecular weight is 342 g/mol. The summed E-state index contributed by atoms with van der Waals surface area (Å²) in [6, 6.07) is 0.